The van der Waals surface area contributed by atoms with Crippen molar-refractivity contribution in [1.29, 1.82) is 0 Å². The molecule has 3 rings (SSSR count). The van der Waals surface area contributed by atoms with Crippen LogP contribution in [0.4, 0.5) is 5.69 Å². The van der Waals surface area contributed by atoms with Crippen LogP contribution in [0.1, 0.15) is 36.8 Å². The fourth-order valence-corrected chi connectivity index (χ4v) is 3.72. The van der Waals surface area contributed by atoms with Crippen molar-refractivity contribution in [3.8, 4) is 0 Å². The monoisotopic (exact) mass is 453 g/mol. The molecule has 34 heavy (non-hydrogen) atoms. The van der Waals surface area contributed by atoms with Crippen LogP contribution < -0.4 is 10.6 Å². The number of amides is 1. The van der Waals surface area contributed by atoms with Crippen LogP contribution in [0.15, 0.2) is 109 Å². The molecule has 1 amide bonds. The standard InChI is InChI=1S/C30H35N3O/c1-4-26(27-8-6-5-7-9-27)22-31-20-19-25-12-16-29(17-13-25)33-30(34)24(3)11-15-28-14-10-23(2)18-21-32-28/h4-10,12-14,16-18,21,24,26,31H,1-2,11,15,19-20,22H2,3H3,(H,33,34)/t24?,26-/m0/s1. The van der Waals surface area contributed by atoms with Crippen LogP contribution in [0.3, 0.4) is 0 Å². The summed E-state index contributed by atoms with van der Waals surface area (Å²) in [5.41, 5.74) is 5.24. The lowest BCUT2D eigenvalue weighted by Gasteiger charge is -2.14. The van der Waals surface area contributed by atoms with Crippen molar-refractivity contribution in [3.63, 3.8) is 0 Å². The minimum absolute atomic E-state index is 0.0314. The summed E-state index contributed by atoms with van der Waals surface area (Å²) >= 11 is 0. The number of carbonyl (C=O) groups is 1. The number of carbonyl (C=O) groups excluding carboxylic acids is 1. The first-order valence-electron chi connectivity index (χ1n) is 11.9. The molecule has 1 heterocycles. The number of hydrogen-bond donors (Lipinski definition) is 2. The van der Waals surface area contributed by atoms with Gasteiger partial charge in [-0.3, -0.25) is 9.79 Å². The molecular weight excluding hydrogens is 418 g/mol. The van der Waals surface area contributed by atoms with E-state index in [9.17, 15) is 4.79 Å². The van der Waals surface area contributed by atoms with Crippen molar-refractivity contribution in [2.24, 2.45) is 10.9 Å². The maximum Gasteiger partial charge on any atom is 0.227 e. The van der Waals surface area contributed by atoms with E-state index >= 15 is 0 Å². The molecule has 0 fully saturated rings. The molecule has 0 aliphatic carbocycles. The average Bonchev–Trinajstić information content (AvgIpc) is 3.08. The van der Waals surface area contributed by atoms with Crippen molar-refractivity contribution < 1.29 is 4.79 Å². The zero-order valence-corrected chi connectivity index (χ0v) is 20.0. The highest BCUT2D eigenvalue weighted by Gasteiger charge is 2.14. The molecule has 0 radical (unpaired) electrons. The van der Waals surface area contributed by atoms with E-state index in [0.29, 0.717) is 5.92 Å². The molecule has 0 saturated carbocycles. The van der Waals surface area contributed by atoms with Crippen LogP contribution in [-0.4, -0.2) is 24.7 Å². The smallest absolute Gasteiger partial charge is 0.227 e. The highest BCUT2D eigenvalue weighted by molar-refractivity contribution is 5.97. The van der Waals surface area contributed by atoms with E-state index in [2.05, 4.69) is 65.2 Å². The average molecular weight is 454 g/mol. The van der Waals surface area contributed by atoms with E-state index in [1.807, 2.05) is 49.4 Å². The number of rotatable bonds is 12. The number of anilines is 1. The summed E-state index contributed by atoms with van der Waals surface area (Å²) in [4.78, 5) is 17.0. The van der Waals surface area contributed by atoms with Gasteiger partial charge in [0.1, 0.15) is 0 Å². The molecule has 176 valence electrons. The van der Waals surface area contributed by atoms with Gasteiger partial charge >= 0.3 is 0 Å². The summed E-state index contributed by atoms with van der Waals surface area (Å²) in [7, 11) is 0. The first-order chi connectivity index (χ1) is 16.5. The van der Waals surface area contributed by atoms with Crippen LogP contribution in [0.2, 0.25) is 0 Å². The van der Waals surface area contributed by atoms with E-state index in [-0.39, 0.29) is 11.8 Å². The molecule has 2 aromatic rings. The molecule has 1 aliphatic heterocycles. The summed E-state index contributed by atoms with van der Waals surface area (Å²) in [5.74, 6) is 0.240. The van der Waals surface area contributed by atoms with Gasteiger partial charge in [-0.15, -0.1) is 6.58 Å². The Bertz CT molecular complexity index is 1050. The van der Waals surface area contributed by atoms with Gasteiger partial charge in [-0.25, -0.2) is 0 Å². The topological polar surface area (TPSA) is 53.5 Å². The van der Waals surface area contributed by atoms with E-state index in [0.717, 1.165) is 49.3 Å². The minimum atomic E-state index is -0.0992. The Morgan fingerprint density at radius 1 is 1.03 bits per heavy atom. The molecule has 1 aliphatic rings. The van der Waals surface area contributed by atoms with E-state index < -0.39 is 0 Å². The van der Waals surface area contributed by atoms with Gasteiger partial charge in [0.25, 0.3) is 0 Å². The molecule has 4 heteroatoms. The van der Waals surface area contributed by atoms with Gasteiger partial charge in [0, 0.05) is 36.0 Å². The van der Waals surface area contributed by atoms with E-state index in [1.54, 1.807) is 6.20 Å². The normalized spacial score (nSPS) is 14.7. The molecule has 0 aromatic heterocycles. The zero-order valence-electron chi connectivity index (χ0n) is 20.0. The van der Waals surface area contributed by atoms with Gasteiger partial charge in [0.05, 0.1) is 0 Å². The number of nitrogens with one attached hydrogen (secondary N) is 2. The third-order valence-corrected chi connectivity index (χ3v) is 5.99. The van der Waals surface area contributed by atoms with Gasteiger partial charge in [-0.2, -0.15) is 0 Å². The number of allylic oxidation sites excluding steroid dienone is 4. The van der Waals surface area contributed by atoms with Gasteiger partial charge in [0.2, 0.25) is 5.91 Å². The Morgan fingerprint density at radius 3 is 2.53 bits per heavy atom. The van der Waals surface area contributed by atoms with Gasteiger partial charge in [-0.1, -0.05) is 68.1 Å². The lowest BCUT2D eigenvalue weighted by atomic mass is 9.99. The number of nitrogens with zero attached hydrogens (tertiary/aromatic N) is 1. The minimum Gasteiger partial charge on any atom is -0.326 e. The van der Waals surface area contributed by atoms with Gasteiger partial charge in [-0.05, 0) is 66.8 Å². The van der Waals surface area contributed by atoms with Crippen LogP contribution in [0, 0.1) is 5.92 Å². The molecule has 2 N–H and O–H groups in total. The third-order valence-electron chi connectivity index (χ3n) is 5.99. The van der Waals surface area contributed by atoms with Gasteiger partial charge in [0.15, 0.2) is 0 Å². The second-order valence-electron chi connectivity index (χ2n) is 8.68. The van der Waals surface area contributed by atoms with Crippen molar-refractivity contribution in [2.75, 3.05) is 18.4 Å². The molecule has 2 aromatic carbocycles. The number of benzene rings is 2. The van der Waals surface area contributed by atoms with Crippen LogP contribution >= 0.6 is 0 Å². The quantitative estimate of drug-likeness (QED) is 0.296. The maximum atomic E-state index is 12.6. The summed E-state index contributed by atoms with van der Waals surface area (Å²) in [6, 6.07) is 18.5. The molecule has 4 nitrogen and oxygen atoms in total. The summed E-state index contributed by atoms with van der Waals surface area (Å²) < 4.78 is 0. The Labute approximate surface area is 203 Å². The lowest BCUT2D eigenvalue weighted by Crippen LogP contribution is -2.23. The van der Waals surface area contributed by atoms with E-state index in [4.69, 9.17) is 0 Å². The predicted octanol–water partition coefficient (Wildman–Crippen LogP) is 6.22. The zero-order chi connectivity index (χ0) is 24.2. The fourth-order valence-electron chi connectivity index (χ4n) is 3.72. The Kier molecular flexibility index (Phi) is 9.80. The Balaban J connectivity index is 1.39. The van der Waals surface area contributed by atoms with Crippen LogP contribution in [0.25, 0.3) is 0 Å². The number of aliphatic imine (C=N–C) groups is 1. The first-order valence-corrected chi connectivity index (χ1v) is 11.9. The van der Waals surface area contributed by atoms with E-state index in [1.165, 1.54) is 11.1 Å². The molecule has 2 atom stereocenters. The Hall–Kier alpha value is -3.50. The summed E-state index contributed by atoms with van der Waals surface area (Å²) in [5, 5.41) is 6.56. The lowest BCUT2D eigenvalue weighted by molar-refractivity contribution is -0.119. The third kappa shape index (κ3) is 8.13. The first kappa shape index (κ1) is 25.1. The van der Waals surface area contributed by atoms with Crippen molar-refractivity contribution in [2.45, 2.75) is 32.1 Å². The highest BCUT2D eigenvalue weighted by atomic mass is 16.1. The highest BCUT2D eigenvalue weighted by Crippen LogP contribution is 2.17. The molecule has 0 saturated heterocycles. The largest absolute Gasteiger partial charge is 0.326 e. The second-order valence-corrected chi connectivity index (χ2v) is 8.68. The van der Waals surface area contributed by atoms with Crippen LogP contribution in [0.5, 0.6) is 0 Å². The molecular formula is C30H35N3O. The van der Waals surface area contributed by atoms with Crippen molar-refractivity contribution in [1.82, 2.24) is 5.32 Å². The predicted molar refractivity (Wildman–Crippen MR) is 144 cm³/mol. The molecule has 0 spiro atoms. The fraction of sp³-hybridized carbons (Fsp3) is 0.267. The van der Waals surface area contributed by atoms with Crippen molar-refractivity contribution in [3.05, 3.63) is 115 Å². The number of hydrogen-bond acceptors (Lipinski definition) is 3. The Morgan fingerprint density at radius 2 is 1.79 bits per heavy atom. The van der Waals surface area contributed by atoms with Crippen molar-refractivity contribution >= 4 is 17.3 Å². The summed E-state index contributed by atoms with van der Waals surface area (Å²) in [6.45, 7) is 11.6. The maximum absolute atomic E-state index is 12.6. The van der Waals surface area contributed by atoms with Crippen LogP contribution in [-0.2, 0) is 11.2 Å². The van der Waals surface area contributed by atoms with Gasteiger partial charge < -0.3 is 10.6 Å². The second kappa shape index (κ2) is 13.3. The SMILES string of the molecule is C=C[C@@H](CNCCc1ccc(NC(=O)C(C)CCC2=NC=CC(=C)C=C2)cc1)c1ccccc1. The molecule has 1 unspecified atom stereocenters. The molecule has 0 bridgehead atoms. The summed E-state index contributed by atoms with van der Waals surface area (Å²) in [6.07, 6.45) is 12.0.